The normalized spacial score (nSPS) is 15.6. The molecule has 1 aliphatic heterocycles. The molecule has 1 rings (SSSR count). The van der Waals surface area contributed by atoms with Crippen molar-refractivity contribution in [1.82, 2.24) is 9.80 Å². The summed E-state index contributed by atoms with van der Waals surface area (Å²) in [4.78, 5) is 25.8. The van der Waals surface area contributed by atoms with E-state index >= 15 is 0 Å². The Balaban J connectivity index is 2.36. The lowest BCUT2D eigenvalue weighted by molar-refractivity contribution is -0.137. The zero-order chi connectivity index (χ0) is 12.0. The van der Waals surface area contributed by atoms with Crippen LogP contribution < -0.4 is 0 Å². The van der Waals surface area contributed by atoms with Crippen LogP contribution in [0.3, 0.4) is 0 Å². The molecule has 5 heteroatoms. The van der Waals surface area contributed by atoms with Crippen LogP contribution in [0.5, 0.6) is 0 Å². The molecule has 2 amide bonds. The molecular weight excluding hydrogens is 208 g/mol. The molecule has 0 bridgehead atoms. The third-order valence-electron chi connectivity index (χ3n) is 2.50. The summed E-state index contributed by atoms with van der Waals surface area (Å²) in [5.74, 6) is -0.490. The van der Waals surface area contributed by atoms with Gasteiger partial charge in [-0.2, -0.15) is 0 Å². The SMILES string of the molecule is CCCN(CCO)CCN1C(=O)C=CC1=O. The van der Waals surface area contributed by atoms with Crippen LogP contribution in [0.4, 0.5) is 0 Å². The zero-order valence-corrected chi connectivity index (χ0v) is 9.56. The Morgan fingerprint density at radius 3 is 2.31 bits per heavy atom. The minimum absolute atomic E-state index is 0.0974. The van der Waals surface area contributed by atoms with Gasteiger partial charge in [0.1, 0.15) is 0 Å². The van der Waals surface area contributed by atoms with Crippen molar-refractivity contribution in [2.24, 2.45) is 0 Å². The molecule has 0 saturated heterocycles. The summed E-state index contributed by atoms with van der Waals surface area (Å²) in [6.07, 6.45) is 3.57. The van der Waals surface area contributed by atoms with E-state index in [1.165, 1.54) is 17.1 Å². The monoisotopic (exact) mass is 226 g/mol. The number of nitrogens with zero attached hydrogens (tertiary/aromatic N) is 2. The van der Waals surface area contributed by atoms with Crippen LogP contribution in [0.15, 0.2) is 12.2 Å². The van der Waals surface area contributed by atoms with Crippen LogP contribution in [0.25, 0.3) is 0 Å². The van der Waals surface area contributed by atoms with E-state index in [-0.39, 0.29) is 18.4 Å². The quantitative estimate of drug-likeness (QED) is 0.601. The number of aliphatic hydroxyl groups is 1. The number of rotatable bonds is 7. The third-order valence-corrected chi connectivity index (χ3v) is 2.50. The lowest BCUT2D eigenvalue weighted by Gasteiger charge is -2.23. The first-order valence-corrected chi connectivity index (χ1v) is 5.55. The number of aliphatic hydroxyl groups excluding tert-OH is 1. The second-order valence-corrected chi connectivity index (χ2v) is 3.73. The molecular formula is C11H18N2O3. The van der Waals surface area contributed by atoms with E-state index in [2.05, 4.69) is 6.92 Å². The van der Waals surface area contributed by atoms with Crippen LogP contribution in [-0.4, -0.2) is 59.5 Å². The average Bonchev–Trinajstić information content (AvgIpc) is 2.56. The Morgan fingerprint density at radius 2 is 1.81 bits per heavy atom. The van der Waals surface area contributed by atoms with Gasteiger partial charge < -0.3 is 5.11 Å². The maximum atomic E-state index is 11.3. The van der Waals surface area contributed by atoms with Crippen molar-refractivity contribution in [2.75, 3.05) is 32.8 Å². The number of amides is 2. The Kier molecular flexibility index (Phi) is 5.14. The van der Waals surface area contributed by atoms with Crippen molar-refractivity contribution in [3.8, 4) is 0 Å². The van der Waals surface area contributed by atoms with Gasteiger partial charge in [-0.05, 0) is 13.0 Å². The molecule has 0 radical (unpaired) electrons. The van der Waals surface area contributed by atoms with Crippen molar-refractivity contribution >= 4 is 11.8 Å². The van der Waals surface area contributed by atoms with Crippen molar-refractivity contribution in [1.29, 1.82) is 0 Å². The van der Waals surface area contributed by atoms with Crippen molar-refractivity contribution in [3.63, 3.8) is 0 Å². The van der Waals surface area contributed by atoms with Crippen LogP contribution in [0.1, 0.15) is 13.3 Å². The lowest BCUT2D eigenvalue weighted by Crippen LogP contribution is -2.39. The van der Waals surface area contributed by atoms with Crippen LogP contribution in [0, 0.1) is 0 Å². The van der Waals surface area contributed by atoms with Crippen molar-refractivity contribution in [2.45, 2.75) is 13.3 Å². The van der Waals surface area contributed by atoms with E-state index in [1.54, 1.807) is 0 Å². The van der Waals surface area contributed by atoms with Gasteiger partial charge in [-0.25, -0.2) is 0 Å². The zero-order valence-electron chi connectivity index (χ0n) is 9.56. The molecule has 0 aromatic rings. The van der Waals surface area contributed by atoms with E-state index < -0.39 is 0 Å². The molecule has 90 valence electrons. The molecule has 1 aliphatic rings. The third kappa shape index (κ3) is 3.43. The molecule has 1 heterocycles. The van der Waals surface area contributed by atoms with Gasteiger partial charge in [-0.15, -0.1) is 0 Å². The number of carbonyl (C=O) groups is 2. The Labute approximate surface area is 95.3 Å². The van der Waals surface area contributed by atoms with Gasteiger partial charge in [0.05, 0.1) is 6.61 Å². The molecule has 0 aliphatic carbocycles. The Bertz CT molecular complexity index is 265. The fourth-order valence-corrected chi connectivity index (χ4v) is 1.69. The van der Waals surface area contributed by atoms with Crippen molar-refractivity contribution in [3.05, 3.63) is 12.2 Å². The summed E-state index contributed by atoms with van der Waals surface area (Å²) in [5, 5.41) is 8.86. The number of carbonyl (C=O) groups excluding carboxylic acids is 2. The summed E-state index contributed by atoms with van der Waals surface area (Å²) < 4.78 is 0. The van der Waals surface area contributed by atoms with E-state index in [9.17, 15) is 9.59 Å². The molecule has 0 saturated carbocycles. The topological polar surface area (TPSA) is 60.9 Å². The standard InChI is InChI=1S/C11H18N2O3/c1-2-5-12(8-9-14)6-7-13-10(15)3-4-11(13)16/h3-4,14H,2,5-9H2,1H3. The predicted molar refractivity (Wildman–Crippen MR) is 59.7 cm³/mol. The molecule has 0 aromatic heterocycles. The summed E-state index contributed by atoms with van der Waals surface area (Å²) in [6, 6.07) is 0. The smallest absolute Gasteiger partial charge is 0.253 e. The molecule has 0 aromatic carbocycles. The van der Waals surface area contributed by atoms with Crippen molar-refractivity contribution < 1.29 is 14.7 Å². The fourth-order valence-electron chi connectivity index (χ4n) is 1.69. The number of hydrogen-bond acceptors (Lipinski definition) is 4. The second-order valence-electron chi connectivity index (χ2n) is 3.73. The van der Waals surface area contributed by atoms with Gasteiger partial charge in [-0.1, -0.05) is 6.92 Å². The van der Waals surface area contributed by atoms with Crippen LogP contribution in [0.2, 0.25) is 0 Å². The van der Waals surface area contributed by atoms with Gasteiger partial charge in [0.15, 0.2) is 0 Å². The highest BCUT2D eigenvalue weighted by atomic mass is 16.3. The number of imide groups is 1. The van der Waals surface area contributed by atoms with E-state index in [0.717, 1.165) is 13.0 Å². The molecule has 16 heavy (non-hydrogen) atoms. The van der Waals surface area contributed by atoms with Gasteiger partial charge in [0.25, 0.3) is 11.8 Å². The van der Waals surface area contributed by atoms with E-state index in [0.29, 0.717) is 19.6 Å². The minimum atomic E-state index is -0.245. The highest BCUT2D eigenvalue weighted by Crippen LogP contribution is 2.03. The first kappa shape index (κ1) is 12.9. The van der Waals surface area contributed by atoms with Gasteiger partial charge in [0, 0.05) is 31.8 Å². The predicted octanol–water partition coefficient (Wildman–Crippen LogP) is -0.384. The van der Waals surface area contributed by atoms with Crippen LogP contribution >= 0.6 is 0 Å². The summed E-state index contributed by atoms with van der Waals surface area (Å²) in [7, 11) is 0. The molecule has 0 spiro atoms. The molecule has 1 N–H and O–H groups in total. The molecule has 0 unspecified atom stereocenters. The second kappa shape index (κ2) is 6.40. The minimum Gasteiger partial charge on any atom is -0.395 e. The Morgan fingerprint density at radius 1 is 1.19 bits per heavy atom. The molecule has 0 atom stereocenters. The maximum absolute atomic E-state index is 11.3. The summed E-state index contributed by atoms with van der Waals surface area (Å²) >= 11 is 0. The molecule has 5 nitrogen and oxygen atoms in total. The Hall–Kier alpha value is -1.20. The lowest BCUT2D eigenvalue weighted by atomic mass is 10.3. The van der Waals surface area contributed by atoms with E-state index in [1.807, 2.05) is 4.90 Å². The first-order chi connectivity index (χ1) is 7.69. The van der Waals surface area contributed by atoms with Gasteiger partial charge in [-0.3, -0.25) is 19.4 Å². The molecule has 0 fully saturated rings. The highest BCUT2D eigenvalue weighted by molar-refractivity contribution is 6.12. The summed E-state index contributed by atoms with van der Waals surface area (Å²) in [5.41, 5.74) is 0. The van der Waals surface area contributed by atoms with E-state index in [4.69, 9.17) is 5.11 Å². The average molecular weight is 226 g/mol. The number of hydrogen-bond donors (Lipinski definition) is 1. The highest BCUT2D eigenvalue weighted by Gasteiger charge is 2.23. The van der Waals surface area contributed by atoms with Crippen LogP contribution in [-0.2, 0) is 9.59 Å². The van der Waals surface area contributed by atoms with Gasteiger partial charge in [0.2, 0.25) is 0 Å². The summed E-state index contributed by atoms with van der Waals surface area (Å²) in [6.45, 7) is 4.61. The fraction of sp³-hybridized carbons (Fsp3) is 0.636. The maximum Gasteiger partial charge on any atom is 0.253 e. The largest absolute Gasteiger partial charge is 0.395 e. The van der Waals surface area contributed by atoms with Gasteiger partial charge >= 0.3 is 0 Å². The first-order valence-electron chi connectivity index (χ1n) is 5.55.